The van der Waals surface area contributed by atoms with Gasteiger partial charge in [0.2, 0.25) is 6.41 Å². The second-order valence-corrected chi connectivity index (χ2v) is 2.81. The summed E-state index contributed by atoms with van der Waals surface area (Å²) in [6.45, 7) is 0. The van der Waals surface area contributed by atoms with E-state index in [1.54, 1.807) is 0 Å². The maximum atomic E-state index is 12.7. The maximum absolute atomic E-state index is 12.7. The first kappa shape index (κ1) is 9.12. The number of benzene rings is 1. The highest BCUT2D eigenvalue weighted by atomic mass is 79.9. The molecule has 0 atom stereocenters. The summed E-state index contributed by atoms with van der Waals surface area (Å²) in [6.07, 6.45) is 0.349. The molecule has 0 heterocycles. The van der Waals surface area contributed by atoms with Gasteiger partial charge in [-0.15, -0.1) is 0 Å². The highest BCUT2D eigenvalue weighted by Gasteiger charge is 2.07. The number of carbonyl (C=O) groups excluding carboxylic acids is 1. The summed E-state index contributed by atoms with van der Waals surface area (Å²) in [6, 6.07) is 2.03. The van der Waals surface area contributed by atoms with Gasteiger partial charge in [-0.05, 0) is 28.1 Å². The van der Waals surface area contributed by atoms with Gasteiger partial charge in [-0.25, -0.2) is 8.78 Å². The smallest absolute Gasteiger partial charge is 0.211 e. The molecule has 0 spiro atoms. The lowest BCUT2D eigenvalue weighted by atomic mass is 10.3. The topological polar surface area (TPSA) is 29.1 Å². The quantitative estimate of drug-likeness (QED) is 0.619. The highest BCUT2D eigenvalue weighted by Crippen LogP contribution is 2.23. The lowest BCUT2D eigenvalue weighted by Gasteiger charge is -2.01. The van der Waals surface area contributed by atoms with Gasteiger partial charge in [0, 0.05) is 5.69 Å². The zero-order chi connectivity index (χ0) is 9.14. The molecule has 0 bridgehead atoms. The molecule has 0 aromatic heterocycles. The van der Waals surface area contributed by atoms with E-state index < -0.39 is 11.6 Å². The molecule has 64 valence electrons. The van der Waals surface area contributed by atoms with E-state index in [1.807, 2.05) is 0 Å². The molecule has 0 unspecified atom stereocenters. The van der Waals surface area contributed by atoms with Crippen molar-refractivity contribution in [3.8, 4) is 0 Å². The number of halogens is 3. The normalized spacial score (nSPS) is 9.58. The molecule has 12 heavy (non-hydrogen) atoms. The molecule has 0 fully saturated rings. The Morgan fingerprint density at radius 3 is 2.25 bits per heavy atom. The molecule has 5 heteroatoms. The molecule has 1 N–H and O–H groups in total. The summed E-state index contributed by atoms with van der Waals surface area (Å²) in [5, 5.41) is 2.13. The monoisotopic (exact) mass is 235 g/mol. The van der Waals surface area contributed by atoms with Crippen LogP contribution in [0.1, 0.15) is 0 Å². The molecule has 0 saturated heterocycles. The van der Waals surface area contributed by atoms with Crippen molar-refractivity contribution in [3.05, 3.63) is 28.2 Å². The van der Waals surface area contributed by atoms with E-state index in [0.717, 1.165) is 12.1 Å². The van der Waals surface area contributed by atoms with E-state index in [4.69, 9.17) is 0 Å². The standard InChI is InChI=1S/C7H4BrF2NO/c8-7-5(9)1-4(11-3-12)2-6(7)10/h1-3H,(H,11,12). The van der Waals surface area contributed by atoms with Crippen molar-refractivity contribution in [1.29, 1.82) is 0 Å². The van der Waals surface area contributed by atoms with E-state index in [0.29, 0.717) is 6.41 Å². The fourth-order valence-corrected chi connectivity index (χ4v) is 0.936. The van der Waals surface area contributed by atoms with Crippen LogP contribution in [0.3, 0.4) is 0 Å². The molecule has 0 aliphatic rings. The van der Waals surface area contributed by atoms with E-state index >= 15 is 0 Å². The molecule has 1 aromatic rings. The zero-order valence-corrected chi connectivity index (χ0v) is 7.36. The van der Waals surface area contributed by atoms with Crippen molar-refractivity contribution >= 4 is 28.0 Å². The number of amides is 1. The highest BCUT2D eigenvalue weighted by molar-refractivity contribution is 9.10. The van der Waals surface area contributed by atoms with Crippen LogP contribution < -0.4 is 5.32 Å². The molecule has 0 aliphatic carbocycles. The first-order chi connectivity index (χ1) is 5.65. The predicted octanol–water partition coefficient (Wildman–Crippen LogP) is 2.30. The third-order valence-corrected chi connectivity index (χ3v) is 1.97. The van der Waals surface area contributed by atoms with Crippen molar-refractivity contribution in [2.75, 3.05) is 5.32 Å². The number of carbonyl (C=O) groups is 1. The molecule has 0 radical (unpaired) electrons. The summed E-state index contributed by atoms with van der Waals surface area (Å²) in [5.74, 6) is -1.50. The largest absolute Gasteiger partial charge is 0.328 e. The first-order valence-electron chi connectivity index (χ1n) is 3.00. The van der Waals surface area contributed by atoms with Crippen molar-refractivity contribution in [3.63, 3.8) is 0 Å². The van der Waals surface area contributed by atoms with Crippen LogP contribution in [0.5, 0.6) is 0 Å². The first-order valence-corrected chi connectivity index (χ1v) is 3.79. The lowest BCUT2D eigenvalue weighted by Crippen LogP contribution is -1.96. The van der Waals surface area contributed by atoms with Gasteiger partial charge in [-0.2, -0.15) is 0 Å². The fraction of sp³-hybridized carbons (Fsp3) is 0. The molecule has 1 rings (SSSR count). The van der Waals surface area contributed by atoms with Crippen LogP contribution in [0.25, 0.3) is 0 Å². The average Bonchev–Trinajstić information content (AvgIpc) is 2.01. The molecule has 0 saturated carbocycles. The minimum Gasteiger partial charge on any atom is -0.328 e. The molecule has 2 nitrogen and oxygen atoms in total. The van der Waals surface area contributed by atoms with Gasteiger partial charge >= 0.3 is 0 Å². The van der Waals surface area contributed by atoms with Gasteiger partial charge in [0.25, 0.3) is 0 Å². The average molecular weight is 236 g/mol. The molecule has 1 aromatic carbocycles. The second-order valence-electron chi connectivity index (χ2n) is 2.02. The maximum Gasteiger partial charge on any atom is 0.211 e. The van der Waals surface area contributed by atoms with Crippen LogP contribution in [0, 0.1) is 11.6 Å². The summed E-state index contributed by atoms with van der Waals surface area (Å²) in [4.78, 5) is 9.91. The summed E-state index contributed by atoms with van der Waals surface area (Å²) in [7, 11) is 0. The van der Waals surface area contributed by atoms with Gasteiger partial charge in [-0.1, -0.05) is 0 Å². The predicted molar refractivity (Wildman–Crippen MR) is 43.7 cm³/mol. The Hall–Kier alpha value is -0.970. The minimum absolute atomic E-state index is 0.0863. The Balaban J connectivity index is 3.11. The van der Waals surface area contributed by atoms with E-state index in [-0.39, 0.29) is 10.2 Å². The van der Waals surface area contributed by atoms with Gasteiger partial charge in [0.1, 0.15) is 11.6 Å². The summed E-state index contributed by atoms with van der Waals surface area (Å²) < 4.78 is 25.2. The lowest BCUT2D eigenvalue weighted by molar-refractivity contribution is -0.105. The summed E-state index contributed by atoms with van der Waals surface area (Å²) in [5.41, 5.74) is 0.0863. The summed E-state index contributed by atoms with van der Waals surface area (Å²) >= 11 is 2.70. The third-order valence-electron chi connectivity index (χ3n) is 1.21. The van der Waals surface area contributed by atoms with Crippen LogP contribution in [-0.2, 0) is 4.79 Å². The Bertz CT molecular complexity index is 293. The number of anilines is 1. The number of nitrogens with one attached hydrogen (secondary N) is 1. The van der Waals surface area contributed by atoms with Crippen molar-refractivity contribution in [1.82, 2.24) is 0 Å². The van der Waals surface area contributed by atoms with E-state index in [1.165, 1.54) is 0 Å². The Morgan fingerprint density at radius 2 is 1.83 bits per heavy atom. The van der Waals surface area contributed by atoms with Gasteiger partial charge in [0.05, 0.1) is 4.47 Å². The zero-order valence-electron chi connectivity index (χ0n) is 5.77. The Morgan fingerprint density at radius 1 is 1.33 bits per heavy atom. The van der Waals surface area contributed by atoms with Crippen LogP contribution >= 0.6 is 15.9 Å². The molecular weight excluding hydrogens is 232 g/mol. The van der Waals surface area contributed by atoms with E-state index in [2.05, 4.69) is 21.2 Å². The van der Waals surface area contributed by atoms with Crippen molar-refractivity contribution in [2.24, 2.45) is 0 Å². The van der Waals surface area contributed by atoms with Crippen molar-refractivity contribution in [2.45, 2.75) is 0 Å². The van der Waals surface area contributed by atoms with Crippen LogP contribution in [0.2, 0.25) is 0 Å². The Labute approximate surface area is 75.7 Å². The number of hydrogen-bond acceptors (Lipinski definition) is 1. The second kappa shape index (κ2) is 3.62. The minimum atomic E-state index is -0.751. The van der Waals surface area contributed by atoms with Gasteiger partial charge < -0.3 is 5.32 Å². The molecule has 1 amide bonds. The van der Waals surface area contributed by atoms with Crippen LogP contribution in [0.4, 0.5) is 14.5 Å². The van der Waals surface area contributed by atoms with Crippen LogP contribution in [0.15, 0.2) is 16.6 Å². The number of hydrogen-bond donors (Lipinski definition) is 1. The Kier molecular flexibility index (Phi) is 2.75. The molecular formula is C7H4BrF2NO. The van der Waals surface area contributed by atoms with Crippen LogP contribution in [-0.4, -0.2) is 6.41 Å². The SMILES string of the molecule is O=CNc1cc(F)c(Br)c(F)c1. The molecule has 0 aliphatic heterocycles. The van der Waals surface area contributed by atoms with Crippen molar-refractivity contribution < 1.29 is 13.6 Å². The van der Waals surface area contributed by atoms with Gasteiger partial charge in [0.15, 0.2) is 0 Å². The van der Waals surface area contributed by atoms with Gasteiger partial charge in [-0.3, -0.25) is 4.79 Å². The number of rotatable bonds is 2. The third kappa shape index (κ3) is 1.79. The van der Waals surface area contributed by atoms with E-state index in [9.17, 15) is 13.6 Å². The fourth-order valence-electron chi connectivity index (χ4n) is 0.707.